The van der Waals surface area contributed by atoms with Crippen LogP contribution in [0.1, 0.15) is 37.6 Å². The number of nitrogens with zero attached hydrogens (tertiary/aromatic N) is 1. The Morgan fingerprint density at radius 2 is 1.69 bits per heavy atom. The van der Waals surface area contributed by atoms with Crippen LogP contribution >= 0.6 is 0 Å². The predicted octanol–water partition coefficient (Wildman–Crippen LogP) is 6.92. The van der Waals surface area contributed by atoms with Gasteiger partial charge in [-0.25, -0.2) is 0 Å². The minimum Gasteiger partial charge on any atom is -0.464 e. The summed E-state index contributed by atoms with van der Waals surface area (Å²) in [7, 11) is -2.05. The van der Waals surface area contributed by atoms with Crippen LogP contribution in [0.25, 0.3) is 5.76 Å². The zero-order valence-corrected chi connectivity index (χ0v) is 22.8. The largest absolute Gasteiger partial charge is 0.464 e. The topological polar surface area (TPSA) is 52.6 Å². The summed E-state index contributed by atoms with van der Waals surface area (Å²) in [6.45, 7) is 11.5. The summed E-state index contributed by atoms with van der Waals surface area (Å²) < 4.78 is 19.6. The molecule has 0 saturated carbocycles. The minimum atomic E-state index is -2.05. The van der Waals surface area contributed by atoms with E-state index in [0.717, 1.165) is 35.8 Å². The first-order valence-corrected chi connectivity index (χ1v) is 15.7. The summed E-state index contributed by atoms with van der Waals surface area (Å²) in [6.07, 6.45) is 5.27. The highest BCUT2D eigenvalue weighted by Gasteiger charge is 2.45. The van der Waals surface area contributed by atoms with E-state index in [0.29, 0.717) is 5.92 Å². The van der Waals surface area contributed by atoms with Crippen LogP contribution in [0.3, 0.4) is 0 Å². The molecule has 0 bridgehead atoms. The van der Waals surface area contributed by atoms with E-state index >= 15 is 0 Å². The number of fused-ring (bicyclic) bond motifs is 1. The van der Waals surface area contributed by atoms with Crippen LogP contribution in [0.2, 0.25) is 18.1 Å². The Kier molecular flexibility index (Phi) is 6.66. The first kappa shape index (κ1) is 24.6. The molecule has 5 nitrogen and oxygen atoms in total. The van der Waals surface area contributed by atoms with E-state index < -0.39 is 8.32 Å². The van der Waals surface area contributed by atoms with Gasteiger partial charge < -0.3 is 19.2 Å². The maximum atomic E-state index is 7.08. The molecule has 0 amide bonds. The number of para-hydroxylation sites is 1. The molecule has 1 aliphatic heterocycles. The molecular weight excluding hydrogens is 464 g/mol. The van der Waals surface area contributed by atoms with Crippen LogP contribution in [-0.4, -0.2) is 25.6 Å². The highest BCUT2D eigenvalue weighted by molar-refractivity contribution is 6.74. The molecule has 2 aromatic carbocycles. The number of nitrogens with one attached hydrogen (secondary N) is 1. The number of ether oxygens (including phenoxy) is 2. The van der Waals surface area contributed by atoms with Crippen LogP contribution in [0.5, 0.6) is 11.5 Å². The molecule has 1 aromatic heterocycles. The monoisotopic (exact) mass is 500 g/mol. The number of pyridine rings is 1. The number of hydrogen-bond donors (Lipinski definition) is 1. The molecule has 0 fully saturated rings. The molecule has 0 spiro atoms. The van der Waals surface area contributed by atoms with E-state index in [1.165, 1.54) is 11.1 Å². The lowest BCUT2D eigenvalue weighted by Crippen LogP contribution is -2.52. The molecule has 3 atom stereocenters. The van der Waals surface area contributed by atoms with Crippen molar-refractivity contribution in [1.82, 2.24) is 10.3 Å². The Morgan fingerprint density at radius 1 is 0.944 bits per heavy atom. The molecule has 2 heterocycles. The van der Waals surface area contributed by atoms with Crippen molar-refractivity contribution in [1.29, 1.82) is 0 Å². The molecule has 6 heteroatoms. The van der Waals surface area contributed by atoms with Gasteiger partial charge in [0.25, 0.3) is 0 Å². The summed E-state index contributed by atoms with van der Waals surface area (Å²) in [6, 6.07) is 22.3. The van der Waals surface area contributed by atoms with E-state index in [1.54, 1.807) is 6.20 Å². The van der Waals surface area contributed by atoms with E-state index in [9.17, 15) is 0 Å². The maximum absolute atomic E-state index is 7.08. The number of aromatic nitrogens is 1. The molecule has 1 aliphatic carbocycles. The highest BCUT2D eigenvalue weighted by Crippen LogP contribution is 2.42. The van der Waals surface area contributed by atoms with E-state index in [1.807, 2.05) is 54.7 Å². The van der Waals surface area contributed by atoms with Gasteiger partial charge in [0, 0.05) is 12.4 Å². The molecule has 0 saturated heterocycles. The second kappa shape index (κ2) is 9.75. The van der Waals surface area contributed by atoms with E-state index in [4.69, 9.17) is 13.9 Å². The third-order valence-corrected chi connectivity index (χ3v) is 12.1. The van der Waals surface area contributed by atoms with Gasteiger partial charge >= 0.3 is 0 Å². The lowest BCUT2D eigenvalue weighted by molar-refractivity contribution is -0.00636. The van der Waals surface area contributed by atoms with Crippen molar-refractivity contribution in [2.75, 3.05) is 0 Å². The van der Waals surface area contributed by atoms with Crippen molar-refractivity contribution < 1.29 is 13.9 Å². The van der Waals surface area contributed by atoms with Crippen molar-refractivity contribution in [3.05, 3.63) is 95.9 Å². The Labute approximate surface area is 215 Å². The first-order chi connectivity index (χ1) is 17.2. The first-order valence-electron chi connectivity index (χ1n) is 12.8. The van der Waals surface area contributed by atoms with Gasteiger partial charge in [-0.3, -0.25) is 4.98 Å². The summed E-state index contributed by atoms with van der Waals surface area (Å²) >= 11 is 0. The number of hydrogen-bond acceptors (Lipinski definition) is 5. The van der Waals surface area contributed by atoms with Gasteiger partial charge in [-0.2, -0.15) is 0 Å². The molecule has 2 aliphatic rings. The standard InChI is InChI=1S/C30H36N2O3Si/c1-30(2,3)36(4,5)35-28(29-32-20-27(34-29)26-13-9-10-16-31-26)23-17-21-14-15-25(19-22(21)18-23)33-24-11-7-6-8-12-24/h6-16,19-20,23,28-29,32H,17-18H2,1-5H3. The Bertz CT molecular complexity index is 1220. The lowest BCUT2D eigenvalue weighted by atomic mass is 9.98. The zero-order valence-electron chi connectivity index (χ0n) is 21.8. The van der Waals surface area contributed by atoms with Crippen molar-refractivity contribution in [3.63, 3.8) is 0 Å². The Balaban J connectivity index is 1.36. The lowest BCUT2D eigenvalue weighted by Gasteiger charge is -2.42. The van der Waals surface area contributed by atoms with Gasteiger partial charge in [-0.15, -0.1) is 0 Å². The van der Waals surface area contributed by atoms with Crippen molar-refractivity contribution in [2.45, 2.75) is 64.1 Å². The van der Waals surface area contributed by atoms with Crippen LogP contribution in [0.15, 0.2) is 79.1 Å². The summed E-state index contributed by atoms with van der Waals surface area (Å²) in [5, 5.41) is 3.58. The van der Waals surface area contributed by atoms with Crippen LogP contribution < -0.4 is 10.1 Å². The fourth-order valence-corrected chi connectivity index (χ4v) is 5.99. The van der Waals surface area contributed by atoms with Crippen molar-refractivity contribution in [3.8, 4) is 11.5 Å². The smallest absolute Gasteiger partial charge is 0.195 e. The maximum Gasteiger partial charge on any atom is 0.195 e. The molecule has 5 rings (SSSR count). The molecule has 36 heavy (non-hydrogen) atoms. The molecular formula is C30H36N2O3Si. The second-order valence-corrected chi connectivity index (χ2v) is 16.0. The quantitative estimate of drug-likeness (QED) is 0.357. The zero-order chi connectivity index (χ0) is 25.3. The third-order valence-electron chi connectivity index (χ3n) is 7.67. The fourth-order valence-electron chi connectivity index (χ4n) is 4.64. The number of rotatable bonds is 7. The normalized spacial score (nSPS) is 20.2. The third kappa shape index (κ3) is 5.20. The van der Waals surface area contributed by atoms with Crippen LogP contribution in [0.4, 0.5) is 0 Å². The Hall–Kier alpha value is -3.09. The summed E-state index contributed by atoms with van der Waals surface area (Å²) in [5.41, 5.74) is 3.52. The van der Waals surface area contributed by atoms with Gasteiger partial charge in [-0.1, -0.05) is 51.1 Å². The Morgan fingerprint density at radius 3 is 2.42 bits per heavy atom. The minimum absolute atomic E-state index is 0.0887. The van der Waals surface area contributed by atoms with Gasteiger partial charge in [-0.05, 0) is 84.4 Å². The average Bonchev–Trinajstić information content (AvgIpc) is 3.50. The summed E-state index contributed by atoms with van der Waals surface area (Å²) in [5.74, 6) is 2.79. The highest BCUT2D eigenvalue weighted by atomic mass is 28.4. The molecule has 0 radical (unpaired) electrons. The van der Waals surface area contributed by atoms with Gasteiger partial charge in [0.2, 0.25) is 0 Å². The average molecular weight is 501 g/mol. The number of benzene rings is 2. The van der Waals surface area contributed by atoms with Crippen molar-refractivity contribution in [2.24, 2.45) is 5.92 Å². The molecule has 3 unspecified atom stereocenters. The molecule has 1 N–H and O–H groups in total. The SMILES string of the molecule is CC(C)(C)[Si](C)(C)OC(C1Cc2ccc(Oc3ccccc3)cc2C1)C1NC=C(c2ccccn2)O1. The van der Waals surface area contributed by atoms with Crippen molar-refractivity contribution >= 4 is 14.1 Å². The van der Waals surface area contributed by atoms with Gasteiger partial charge in [0.15, 0.2) is 20.3 Å². The molecule has 188 valence electrons. The van der Waals surface area contributed by atoms with Gasteiger partial charge in [0.1, 0.15) is 23.3 Å². The predicted molar refractivity (Wildman–Crippen MR) is 146 cm³/mol. The van der Waals surface area contributed by atoms with E-state index in [2.05, 4.69) is 62.4 Å². The van der Waals surface area contributed by atoms with Crippen LogP contribution in [-0.2, 0) is 22.0 Å². The second-order valence-electron chi connectivity index (χ2n) is 11.3. The molecule has 3 aromatic rings. The summed E-state index contributed by atoms with van der Waals surface area (Å²) in [4.78, 5) is 4.46. The fraction of sp³-hybridized carbons (Fsp3) is 0.367. The van der Waals surface area contributed by atoms with E-state index in [-0.39, 0.29) is 17.4 Å². The van der Waals surface area contributed by atoms with Gasteiger partial charge in [0.05, 0.1) is 0 Å². The van der Waals surface area contributed by atoms with Crippen LogP contribution in [0, 0.1) is 5.92 Å².